The van der Waals surface area contributed by atoms with Crippen LogP contribution < -0.4 is 4.90 Å². The summed E-state index contributed by atoms with van der Waals surface area (Å²) in [4.78, 5) is 7.01. The number of rotatable bonds is 7. The fraction of sp³-hybridized carbons (Fsp3) is 0.111. The van der Waals surface area contributed by atoms with Gasteiger partial charge in [-0.3, -0.25) is 0 Å². The molecule has 0 atom stereocenters. The van der Waals surface area contributed by atoms with Gasteiger partial charge in [-0.25, -0.2) is 4.98 Å². The van der Waals surface area contributed by atoms with Crippen molar-refractivity contribution in [2.45, 2.75) is 13.5 Å². The Morgan fingerprint density at radius 1 is 0.968 bits per heavy atom. The molecule has 152 valence electrons. The number of anilines is 1. The van der Waals surface area contributed by atoms with Gasteiger partial charge in [-0.2, -0.15) is 5.26 Å². The zero-order chi connectivity index (χ0) is 21.5. The van der Waals surface area contributed by atoms with E-state index in [9.17, 15) is 5.26 Å². The van der Waals surface area contributed by atoms with Gasteiger partial charge in [0.25, 0.3) is 0 Å². The molecule has 4 rings (SSSR count). The third-order valence-electron chi connectivity index (χ3n) is 5.09. The van der Waals surface area contributed by atoms with Crippen LogP contribution in [0.25, 0.3) is 22.9 Å². The second kappa shape index (κ2) is 9.88. The second-order valence-electron chi connectivity index (χ2n) is 7.17. The van der Waals surface area contributed by atoms with Gasteiger partial charge in [0.05, 0.1) is 11.3 Å². The highest BCUT2D eigenvalue weighted by molar-refractivity contribution is 7.11. The second-order valence-corrected chi connectivity index (χ2v) is 8.02. The van der Waals surface area contributed by atoms with Crippen LogP contribution in [0.3, 0.4) is 0 Å². The van der Waals surface area contributed by atoms with Crippen LogP contribution in [0.4, 0.5) is 5.69 Å². The first kappa shape index (κ1) is 20.6. The van der Waals surface area contributed by atoms with Crippen LogP contribution in [-0.2, 0) is 6.54 Å². The number of aromatic nitrogens is 1. The molecule has 0 saturated carbocycles. The van der Waals surface area contributed by atoms with Crippen LogP contribution >= 0.6 is 11.3 Å². The lowest BCUT2D eigenvalue weighted by molar-refractivity contribution is 0.832. The minimum Gasteiger partial charge on any atom is -0.367 e. The van der Waals surface area contributed by atoms with Crippen LogP contribution in [0.15, 0.2) is 90.3 Å². The van der Waals surface area contributed by atoms with E-state index in [1.54, 1.807) is 0 Å². The zero-order valence-electron chi connectivity index (χ0n) is 17.4. The average Bonchev–Trinajstić information content (AvgIpc) is 3.33. The lowest BCUT2D eigenvalue weighted by atomic mass is 10.1. The van der Waals surface area contributed by atoms with Crippen LogP contribution in [-0.4, -0.2) is 11.5 Å². The summed E-state index contributed by atoms with van der Waals surface area (Å²) in [5.41, 5.74) is 5.99. The van der Waals surface area contributed by atoms with E-state index < -0.39 is 0 Å². The third-order valence-corrected chi connectivity index (χ3v) is 5.97. The number of hydrogen-bond acceptors (Lipinski definition) is 4. The van der Waals surface area contributed by atoms with Crippen molar-refractivity contribution in [2.24, 2.45) is 0 Å². The molecule has 1 aromatic heterocycles. The maximum absolute atomic E-state index is 9.71. The Kier molecular flexibility index (Phi) is 6.56. The van der Waals surface area contributed by atoms with Gasteiger partial charge in [0.15, 0.2) is 0 Å². The maximum atomic E-state index is 9.71. The Morgan fingerprint density at radius 2 is 1.65 bits per heavy atom. The Bertz CT molecular complexity index is 1190. The van der Waals surface area contributed by atoms with Crippen molar-refractivity contribution in [3.63, 3.8) is 0 Å². The first-order valence-electron chi connectivity index (χ1n) is 10.3. The first-order valence-corrected chi connectivity index (χ1v) is 11.2. The van der Waals surface area contributed by atoms with Crippen molar-refractivity contribution in [2.75, 3.05) is 11.4 Å². The molecule has 0 aliphatic heterocycles. The molecule has 0 spiro atoms. The predicted octanol–water partition coefficient (Wildman–Crippen LogP) is 6.90. The molecule has 0 aliphatic rings. The molecule has 0 aliphatic carbocycles. The molecule has 1 heterocycles. The molecule has 4 aromatic rings. The van der Waals surface area contributed by atoms with Gasteiger partial charge in [-0.15, -0.1) is 11.3 Å². The van der Waals surface area contributed by atoms with E-state index in [2.05, 4.69) is 71.4 Å². The fourth-order valence-electron chi connectivity index (χ4n) is 3.42. The fourth-order valence-corrected chi connectivity index (χ4v) is 4.21. The number of allylic oxidation sites excluding steroid dienone is 1. The standard InChI is InChI=1S/C27H23N3S/c1-2-30(19-22-9-5-3-6-10-22)25-15-13-21(14-16-25)17-24(18-28)27-29-26(20-31-27)23-11-7-4-8-12-23/h3-17,20H,2,19H2,1H3/b24-17-. The van der Waals surface area contributed by atoms with Gasteiger partial charge >= 0.3 is 0 Å². The zero-order valence-corrected chi connectivity index (χ0v) is 18.2. The van der Waals surface area contributed by atoms with Gasteiger partial charge in [-0.1, -0.05) is 72.8 Å². The quantitative estimate of drug-likeness (QED) is 0.305. The minimum absolute atomic E-state index is 0.580. The van der Waals surface area contributed by atoms with Gasteiger partial charge in [0.1, 0.15) is 11.1 Å². The summed E-state index contributed by atoms with van der Waals surface area (Å²) in [7, 11) is 0. The number of thiazole rings is 1. The van der Waals surface area contributed by atoms with E-state index in [4.69, 9.17) is 0 Å². The van der Waals surface area contributed by atoms with Crippen molar-refractivity contribution < 1.29 is 0 Å². The van der Waals surface area contributed by atoms with Crippen molar-refractivity contribution >= 4 is 28.7 Å². The van der Waals surface area contributed by atoms with Crippen molar-refractivity contribution in [1.82, 2.24) is 4.98 Å². The van der Waals surface area contributed by atoms with Crippen LogP contribution in [0.1, 0.15) is 23.1 Å². The van der Waals surface area contributed by atoms with E-state index in [1.165, 1.54) is 22.6 Å². The molecule has 0 bridgehead atoms. The highest BCUT2D eigenvalue weighted by Gasteiger charge is 2.10. The monoisotopic (exact) mass is 421 g/mol. The van der Waals surface area contributed by atoms with Gasteiger partial charge < -0.3 is 4.90 Å². The highest BCUT2D eigenvalue weighted by atomic mass is 32.1. The molecule has 3 nitrogen and oxygen atoms in total. The molecule has 0 radical (unpaired) electrons. The molecule has 3 aromatic carbocycles. The minimum atomic E-state index is 0.580. The average molecular weight is 422 g/mol. The molecule has 0 amide bonds. The van der Waals surface area contributed by atoms with Crippen LogP contribution in [0.2, 0.25) is 0 Å². The highest BCUT2D eigenvalue weighted by Crippen LogP contribution is 2.27. The molecule has 0 unspecified atom stereocenters. The van der Waals surface area contributed by atoms with Gasteiger partial charge in [-0.05, 0) is 36.3 Å². The van der Waals surface area contributed by atoms with Crippen molar-refractivity contribution in [1.29, 1.82) is 5.26 Å². The van der Waals surface area contributed by atoms with E-state index in [1.807, 2.05) is 47.9 Å². The number of nitriles is 1. The first-order chi connectivity index (χ1) is 15.3. The largest absolute Gasteiger partial charge is 0.367 e. The summed E-state index contributed by atoms with van der Waals surface area (Å²) in [6.45, 7) is 3.96. The summed E-state index contributed by atoms with van der Waals surface area (Å²) in [6, 6.07) is 31.2. The van der Waals surface area contributed by atoms with Crippen LogP contribution in [0.5, 0.6) is 0 Å². The van der Waals surface area contributed by atoms with E-state index in [-0.39, 0.29) is 0 Å². The maximum Gasteiger partial charge on any atom is 0.134 e. The smallest absolute Gasteiger partial charge is 0.134 e. The molecule has 0 N–H and O–H groups in total. The van der Waals surface area contributed by atoms with Gasteiger partial charge in [0, 0.05) is 29.7 Å². The Morgan fingerprint density at radius 3 is 2.29 bits per heavy atom. The molecular formula is C27H23N3S. The SMILES string of the molecule is CCN(Cc1ccccc1)c1ccc(/C=C(/C#N)c2nc(-c3ccccc3)cs2)cc1. The molecular weight excluding hydrogens is 398 g/mol. The summed E-state index contributed by atoms with van der Waals surface area (Å²) in [5.74, 6) is 0. The summed E-state index contributed by atoms with van der Waals surface area (Å²) in [5, 5.41) is 12.4. The Labute approximate surface area is 187 Å². The van der Waals surface area contributed by atoms with Crippen molar-refractivity contribution in [3.05, 3.63) is 106 Å². The summed E-state index contributed by atoms with van der Waals surface area (Å²) < 4.78 is 0. The lowest BCUT2D eigenvalue weighted by Crippen LogP contribution is -2.21. The number of hydrogen-bond donors (Lipinski definition) is 0. The number of nitrogens with zero attached hydrogens (tertiary/aromatic N) is 3. The van der Waals surface area contributed by atoms with Gasteiger partial charge in [0.2, 0.25) is 0 Å². The van der Waals surface area contributed by atoms with Crippen LogP contribution in [0, 0.1) is 11.3 Å². The normalized spacial score (nSPS) is 11.2. The van der Waals surface area contributed by atoms with E-state index >= 15 is 0 Å². The Balaban J connectivity index is 1.53. The molecule has 0 saturated heterocycles. The third kappa shape index (κ3) is 5.09. The molecule has 31 heavy (non-hydrogen) atoms. The van der Waals surface area contributed by atoms with E-state index in [0.717, 1.165) is 34.9 Å². The Hall–Kier alpha value is -3.68. The lowest BCUT2D eigenvalue weighted by Gasteiger charge is -2.23. The summed E-state index contributed by atoms with van der Waals surface area (Å²) in [6.07, 6.45) is 1.91. The predicted molar refractivity (Wildman–Crippen MR) is 131 cm³/mol. The molecule has 0 fully saturated rings. The summed E-state index contributed by atoms with van der Waals surface area (Å²) >= 11 is 1.50. The van der Waals surface area contributed by atoms with E-state index in [0.29, 0.717) is 5.57 Å². The topological polar surface area (TPSA) is 39.9 Å². The number of benzene rings is 3. The van der Waals surface area contributed by atoms with Crippen molar-refractivity contribution in [3.8, 4) is 17.3 Å². The molecule has 4 heteroatoms.